The summed E-state index contributed by atoms with van der Waals surface area (Å²) in [4.78, 5) is 79.4. The van der Waals surface area contributed by atoms with E-state index >= 15 is 0 Å². The largest absolute Gasteiger partial charge is 0.368 e. The zero-order valence-electron chi connectivity index (χ0n) is 30.3. The molecule has 0 spiro atoms. The highest BCUT2D eigenvalue weighted by Gasteiger charge is 2.34. The van der Waals surface area contributed by atoms with Crippen molar-refractivity contribution in [3.05, 3.63) is 71.8 Å². The highest BCUT2D eigenvalue weighted by atomic mass is 16.2. The van der Waals surface area contributed by atoms with Crippen LogP contribution in [0.2, 0.25) is 0 Å². The monoisotopic (exact) mass is 708 g/mol. The van der Waals surface area contributed by atoms with Gasteiger partial charge in [0.1, 0.15) is 30.2 Å². The third kappa shape index (κ3) is 14.5. The van der Waals surface area contributed by atoms with Crippen LogP contribution in [0.5, 0.6) is 0 Å². The number of unbranched alkanes of at least 4 members (excludes halogenated alkanes) is 1. The maximum absolute atomic E-state index is 14.0. The minimum atomic E-state index is -1.27. The van der Waals surface area contributed by atoms with E-state index in [2.05, 4.69) is 26.6 Å². The first-order valence-electron chi connectivity index (χ1n) is 17.5. The molecule has 51 heavy (non-hydrogen) atoms. The quantitative estimate of drug-likeness (QED) is 0.0856. The first kappa shape index (κ1) is 42.3. The lowest BCUT2D eigenvalue weighted by Gasteiger charge is -2.29. The molecule has 0 radical (unpaired) electrons. The molecule has 0 aromatic heterocycles. The van der Waals surface area contributed by atoms with Gasteiger partial charge in [-0.25, -0.2) is 0 Å². The Balaban J connectivity index is 2.33. The van der Waals surface area contributed by atoms with Crippen LogP contribution in [-0.2, 0) is 35.2 Å². The zero-order valence-corrected chi connectivity index (χ0v) is 30.3. The molecule has 0 heterocycles. The average Bonchev–Trinajstić information content (AvgIpc) is 3.09. The molecule has 11 N–H and O–H groups in total. The lowest BCUT2D eigenvalue weighted by atomic mass is 9.98. The van der Waals surface area contributed by atoms with Gasteiger partial charge in [-0.05, 0) is 55.7 Å². The molecule has 280 valence electrons. The van der Waals surface area contributed by atoms with Crippen LogP contribution in [0.3, 0.4) is 0 Å². The van der Waals surface area contributed by atoms with Crippen LogP contribution >= 0.6 is 0 Å². The lowest BCUT2D eigenvalue weighted by molar-refractivity contribution is -0.135. The summed E-state index contributed by atoms with van der Waals surface area (Å²) in [5.74, 6) is -4.16. The van der Waals surface area contributed by atoms with E-state index in [0.29, 0.717) is 31.4 Å². The van der Waals surface area contributed by atoms with E-state index in [1.807, 2.05) is 19.9 Å². The molecular weight excluding hydrogens is 652 g/mol. The number of benzene rings is 2. The first-order chi connectivity index (χ1) is 24.1. The van der Waals surface area contributed by atoms with Crippen molar-refractivity contribution in [3.63, 3.8) is 0 Å². The van der Waals surface area contributed by atoms with E-state index < -0.39 is 77.6 Å². The predicted octanol–water partition coefficient (Wildman–Crippen LogP) is 0.689. The Labute approximate surface area is 300 Å². The summed E-state index contributed by atoms with van der Waals surface area (Å²) < 4.78 is 0. The topological polar surface area (TPSA) is 241 Å². The van der Waals surface area contributed by atoms with E-state index in [1.165, 1.54) is 6.92 Å². The van der Waals surface area contributed by atoms with Crippen molar-refractivity contribution in [2.75, 3.05) is 6.54 Å². The van der Waals surface area contributed by atoms with Crippen LogP contribution in [0.25, 0.3) is 0 Å². The Kier molecular flexibility index (Phi) is 17.8. The molecule has 0 aliphatic heterocycles. The Morgan fingerprint density at radius 2 is 1.22 bits per heavy atom. The number of nitrogens with two attached hydrogens (primary N) is 3. The van der Waals surface area contributed by atoms with Crippen LogP contribution in [-0.4, -0.2) is 72.2 Å². The molecule has 2 aromatic rings. The summed E-state index contributed by atoms with van der Waals surface area (Å²) in [5, 5.41) is 13.6. The van der Waals surface area contributed by atoms with Crippen molar-refractivity contribution >= 4 is 35.4 Å². The Morgan fingerprint density at radius 1 is 0.647 bits per heavy atom. The third-order valence-corrected chi connectivity index (χ3v) is 8.28. The van der Waals surface area contributed by atoms with Crippen molar-refractivity contribution in [3.8, 4) is 0 Å². The highest BCUT2D eigenvalue weighted by Crippen LogP contribution is 2.16. The Morgan fingerprint density at radius 3 is 1.76 bits per heavy atom. The van der Waals surface area contributed by atoms with Crippen LogP contribution < -0.4 is 43.8 Å². The number of rotatable bonds is 21. The molecule has 0 aliphatic rings. The van der Waals surface area contributed by atoms with E-state index in [0.717, 1.165) is 12.0 Å². The van der Waals surface area contributed by atoms with Gasteiger partial charge in [0, 0.05) is 6.42 Å². The zero-order chi connectivity index (χ0) is 38.1. The standard InChI is InChI=1S/C37H56N8O6/c1-22(2)20-28(42-33(47)27(39)18-12-13-19-38)35(49)44-30(23(3)4)36(50)45-31(26-16-10-7-11-17-26)37(51)43-29(21-25-14-8-6-9-15-25)34(48)41-24(5)32(40)46/h6-11,14-17,22-24,27-31H,12-13,18-21,38-39H2,1-5H3,(H2,40,46)(H,41,48)(H,42,47)(H,43,51)(H,44,49)(H,45,50)/t24-,27-,28-,29-,30-,31-/m1/s1. The van der Waals surface area contributed by atoms with Crippen molar-refractivity contribution in [2.24, 2.45) is 29.0 Å². The second-order valence-electron chi connectivity index (χ2n) is 13.5. The molecule has 6 amide bonds. The molecule has 2 rings (SSSR count). The van der Waals surface area contributed by atoms with E-state index in [9.17, 15) is 28.8 Å². The molecule has 14 heteroatoms. The minimum absolute atomic E-state index is 0.0268. The number of amides is 6. The minimum Gasteiger partial charge on any atom is -0.368 e. The van der Waals surface area contributed by atoms with Gasteiger partial charge in [-0.15, -0.1) is 0 Å². The normalized spacial score (nSPS) is 14.7. The molecule has 0 fully saturated rings. The molecule has 0 saturated heterocycles. The van der Waals surface area contributed by atoms with Gasteiger partial charge in [-0.2, -0.15) is 0 Å². The maximum atomic E-state index is 14.0. The highest BCUT2D eigenvalue weighted by molar-refractivity contribution is 5.97. The van der Waals surface area contributed by atoms with Gasteiger partial charge < -0.3 is 43.8 Å². The second kappa shape index (κ2) is 21.4. The summed E-state index contributed by atoms with van der Waals surface area (Å²) in [5.41, 5.74) is 18.1. The summed E-state index contributed by atoms with van der Waals surface area (Å²) in [6.45, 7) is 9.21. The molecule has 14 nitrogen and oxygen atoms in total. The van der Waals surface area contributed by atoms with Gasteiger partial charge in [0.2, 0.25) is 35.4 Å². The summed E-state index contributed by atoms with van der Waals surface area (Å²) in [6, 6.07) is 11.2. The number of nitrogens with one attached hydrogen (secondary N) is 5. The number of hydrogen-bond donors (Lipinski definition) is 8. The smallest absolute Gasteiger partial charge is 0.247 e. The SMILES string of the molecule is CC(C)C[C@@H](NC(=O)[C@H](N)CCCCN)C(=O)N[C@@H](C(=O)N[C@@H](C(=O)N[C@H](Cc1ccccc1)C(=O)N[C@H](C)C(N)=O)c1ccccc1)C(C)C. The van der Waals surface area contributed by atoms with Crippen LogP contribution in [0, 0.1) is 11.8 Å². The molecule has 6 atom stereocenters. The molecule has 0 saturated carbocycles. The third-order valence-electron chi connectivity index (χ3n) is 8.28. The summed E-state index contributed by atoms with van der Waals surface area (Å²) in [6.07, 6.45) is 2.19. The van der Waals surface area contributed by atoms with Gasteiger partial charge in [0.15, 0.2) is 0 Å². The fourth-order valence-electron chi connectivity index (χ4n) is 5.29. The van der Waals surface area contributed by atoms with Crippen molar-refractivity contribution in [1.82, 2.24) is 26.6 Å². The van der Waals surface area contributed by atoms with Gasteiger partial charge in [0.05, 0.1) is 6.04 Å². The van der Waals surface area contributed by atoms with Gasteiger partial charge >= 0.3 is 0 Å². The molecule has 0 unspecified atom stereocenters. The van der Waals surface area contributed by atoms with Gasteiger partial charge in [-0.3, -0.25) is 28.8 Å². The number of primary amides is 1. The van der Waals surface area contributed by atoms with Gasteiger partial charge in [0.25, 0.3) is 0 Å². The van der Waals surface area contributed by atoms with Crippen molar-refractivity contribution in [1.29, 1.82) is 0 Å². The van der Waals surface area contributed by atoms with Crippen molar-refractivity contribution in [2.45, 2.75) is 103 Å². The summed E-state index contributed by atoms with van der Waals surface area (Å²) in [7, 11) is 0. The lowest BCUT2D eigenvalue weighted by Crippen LogP contribution is -2.58. The first-order valence-corrected chi connectivity index (χ1v) is 17.5. The second-order valence-corrected chi connectivity index (χ2v) is 13.5. The van der Waals surface area contributed by atoms with E-state index in [4.69, 9.17) is 17.2 Å². The van der Waals surface area contributed by atoms with E-state index in [1.54, 1.807) is 68.4 Å². The van der Waals surface area contributed by atoms with Crippen LogP contribution in [0.1, 0.15) is 77.5 Å². The Bertz CT molecular complexity index is 1440. The fraction of sp³-hybridized carbons (Fsp3) is 0.514. The van der Waals surface area contributed by atoms with Crippen LogP contribution in [0.4, 0.5) is 0 Å². The molecule has 0 aliphatic carbocycles. The van der Waals surface area contributed by atoms with Crippen LogP contribution in [0.15, 0.2) is 60.7 Å². The molecule has 0 bridgehead atoms. The predicted molar refractivity (Wildman–Crippen MR) is 195 cm³/mol. The van der Waals surface area contributed by atoms with Gasteiger partial charge in [-0.1, -0.05) is 94.8 Å². The number of carbonyl (C=O) groups excluding carboxylic acids is 6. The summed E-state index contributed by atoms with van der Waals surface area (Å²) >= 11 is 0. The number of carbonyl (C=O) groups is 6. The Hall–Kier alpha value is -4.82. The fourth-order valence-corrected chi connectivity index (χ4v) is 5.29. The molecule has 2 aromatic carbocycles. The van der Waals surface area contributed by atoms with E-state index in [-0.39, 0.29) is 12.3 Å². The number of hydrogen-bond acceptors (Lipinski definition) is 8. The average molecular weight is 709 g/mol. The molecular formula is C37H56N8O6. The maximum Gasteiger partial charge on any atom is 0.247 e. The van der Waals surface area contributed by atoms with Crippen molar-refractivity contribution < 1.29 is 28.8 Å².